The molecule has 3 aromatic rings. The summed E-state index contributed by atoms with van der Waals surface area (Å²) in [5.74, 6) is 0.966. The van der Waals surface area contributed by atoms with Gasteiger partial charge < -0.3 is 14.8 Å². The zero-order valence-electron chi connectivity index (χ0n) is 17.5. The molecule has 1 saturated carbocycles. The average Bonchev–Trinajstić information content (AvgIpc) is 3.54. The minimum absolute atomic E-state index is 0.0341. The van der Waals surface area contributed by atoms with Crippen LogP contribution in [0.2, 0.25) is 0 Å². The van der Waals surface area contributed by atoms with Crippen LogP contribution in [0.5, 0.6) is 0 Å². The molecule has 0 atom stereocenters. The predicted octanol–water partition coefficient (Wildman–Crippen LogP) is 3.50. The lowest BCUT2D eigenvalue weighted by Gasteiger charge is -2.27. The van der Waals surface area contributed by atoms with Crippen molar-refractivity contribution in [3.63, 3.8) is 0 Å². The maximum absolute atomic E-state index is 13.3. The van der Waals surface area contributed by atoms with Gasteiger partial charge in [-0.3, -0.25) is 9.59 Å². The molecule has 6 heteroatoms. The summed E-state index contributed by atoms with van der Waals surface area (Å²) in [4.78, 5) is 32.0. The van der Waals surface area contributed by atoms with E-state index < -0.39 is 0 Å². The first kappa shape index (κ1) is 20.1. The molecule has 0 aliphatic heterocycles. The first-order valence-electron chi connectivity index (χ1n) is 10.6. The summed E-state index contributed by atoms with van der Waals surface area (Å²) in [7, 11) is 0. The second-order valence-corrected chi connectivity index (χ2v) is 8.20. The van der Waals surface area contributed by atoms with Crippen molar-refractivity contribution in [2.24, 2.45) is 5.92 Å². The van der Waals surface area contributed by atoms with Gasteiger partial charge in [-0.2, -0.15) is 0 Å². The number of fused-ring (bicyclic) bond motifs is 1. The van der Waals surface area contributed by atoms with Crippen LogP contribution in [0, 0.1) is 5.92 Å². The summed E-state index contributed by atoms with van der Waals surface area (Å²) in [6, 6.07) is 17.9. The van der Waals surface area contributed by atoms with Crippen molar-refractivity contribution in [2.75, 3.05) is 0 Å². The Balaban J connectivity index is 1.56. The van der Waals surface area contributed by atoms with E-state index in [0.29, 0.717) is 18.9 Å². The van der Waals surface area contributed by atoms with Crippen molar-refractivity contribution < 1.29 is 9.59 Å². The second-order valence-electron chi connectivity index (χ2n) is 8.20. The number of nitrogens with one attached hydrogen (secondary N) is 1. The van der Waals surface area contributed by atoms with Crippen LogP contribution in [0.4, 0.5) is 0 Å². The molecule has 1 N–H and O–H groups in total. The Labute approximate surface area is 176 Å². The van der Waals surface area contributed by atoms with Crippen molar-refractivity contribution in [1.29, 1.82) is 0 Å². The summed E-state index contributed by atoms with van der Waals surface area (Å²) in [5.41, 5.74) is 2.84. The van der Waals surface area contributed by atoms with Gasteiger partial charge in [0.1, 0.15) is 12.4 Å². The fraction of sp³-hybridized carbons (Fsp3) is 0.375. The van der Waals surface area contributed by atoms with Gasteiger partial charge in [0, 0.05) is 18.5 Å². The number of rotatable bonds is 8. The molecule has 0 radical (unpaired) electrons. The second kappa shape index (κ2) is 8.69. The van der Waals surface area contributed by atoms with E-state index in [0.717, 1.165) is 29.4 Å². The van der Waals surface area contributed by atoms with Crippen molar-refractivity contribution in [3.8, 4) is 0 Å². The molecule has 0 unspecified atom stereocenters. The van der Waals surface area contributed by atoms with E-state index >= 15 is 0 Å². The number of amides is 2. The molecule has 1 heterocycles. The topological polar surface area (TPSA) is 67.2 Å². The lowest BCUT2D eigenvalue weighted by Crippen LogP contribution is -2.39. The lowest BCUT2D eigenvalue weighted by atomic mass is 10.2. The first-order chi connectivity index (χ1) is 14.5. The molecular formula is C24H28N4O2. The normalized spacial score (nSPS) is 13.6. The van der Waals surface area contributed by atoms with Crippen LogP contribution in [0.25, 0.3) is 11.0 Å². The van der Waals surface area contributed by atoms with Crippen LogP contribution in [0.1, 0.15) is 38.1 Å². The highest BCUT2D eigenvalue weighted by Gasteiger charge is 2.29. The van der Waals surface area contributed by atoms with Crippen molar-refractivity contribution in [2.45, 2.75) is 52.4 Å². The summed E-state index contributed by atoms with van der Waals surface area (Å²) >= 11 is 0. The number of imidazole rings is 1. The van der Waals surface area contributed by atoms with E-state index in [1.807, 2.05) is 77.9 Å². The van der Waals surface area contributed by atoms with Crippen LogP contribution < -0.4 is 5.32 Å². The molecular weight excluding hydrogens is 376 g/mol. The number of carbonyl (C=O) groups excluding carboxylic acids is 2. The van der Waals surface area contributed by atoms with E-state index in [9.17, 15) is 9.59 Å². The van der Waals surface area contributed by atoms with Gasteiger partial charge in [0.05, 0.1) is 17.6 Å². The van der Waals surface area contributed by atoms with Gasteiger partial charge in [-0.05, 0) is 44.4 Å². The van der Waals surface area contributed by atoms with Crippen molar-refractivity contribution in [3.05, 3.63) is 66.0 Å². The molecule has 1 aromatic heterocycles. The van der Waals surface area contributed by atoms with Gasteiger partial charge in [-0.1, -0.05) is 42.5 Å². The predicted molar refractivity (Wildman–Crippen MR) is 116 cm³/mol. The summed E-state index contributed by atoms with van der Waals surface area (Å²) in [5, 5.41) is 2.98. The number of para-hydroxylation sites is 2. The highest BCUT2D eigenvalue weighted by atomic mass is 16.2. The summed E-state index contributed by atoms with van der Waals surface area (Å²) in [6.45, 7) is 5.16. The number of carbonyl (C=O) groups is 2. The number of hydrogen-bond donors (Lipinski definition) is 1. The third kappa shape index (κ3) is 4.53. The van der Waals surface area contributed by atoms with E-state index in [-0.39, 0.29) is 30.3 Å². The Kier molecular flexibility index (Phi) is 5.84. The maximum Gasteiger partial charge on any atom is 0.243 e. The van der Waals surface area contributed by atoms with E-state index in [4.69, 9.17) is 0 Å². The number of benzene rings is 2. The summed E-state index contributed by atoms with van der Waals surface area (Å²) < 4.78 is 1.94. The third-order valence-corrected chi connectivity index (χ3v) is 5.54. The highest BCUT2D eigenvalue weighted by Crippen LogP contribution is 2.29. The Morgan fingerprint density at radius 1 is 1.10 bits per heavy atom. The minimum atomic E-state index is 0.0341. The molecule has 0 spiro atoms. The Hall–Kier alpha value is -3.15. The molecule has 2 amide bonds. The molecule has 0 saturated heterocycles. The molecule has 1 aliphatic carbocycles. The number of aromatic nitrogens is 2. The molecule has 156 valence electrons. The Morgan fingerprint density at radius 3 is 2.50 bits per heavy atom. The van der Waals surface area contributed by atoms with Crippen molar-refractivity contribution >= 4 is 22.8 Å². The third-order valence-electron chi connectivity index (χ3n) is 5.54. The molecule has 30 heavy (non-hydrogen) atoms. The van der Waals surface area contributed by atoms with Gasteiger partial charge in [0.2, 0.25) is 11.8 Å². The van der Waals surface area contributed by atoms with Gasteiger partial charge in [-0.25, -0.2) is 4.98 Å². The molecule has 1 aliphatic rings. The largest absolute Gasteiger partial charge is 0.349 e. The highest BCUT2D eigenvalue weighted by molar-refractivity contribution is 5.82. The average molecular weight is 405 g/mol. The van der Waals surface area contributed by atoms with Gasteiger partial charge in [0.15, 0.2) is 0 Å². The molecule has 4 rings (SSSR count). The number of nitrogens with zero attached hydrogens (tertiary/aromatic N) is 3. The molecule has 6 nitrogen and oxygen atoms in total. The van der Waals surface area contributed by atoms with Crippen LogP contribution in [0.3, 0.4) is 0 Å². The fourth-order valence-electron chi connectivity index (χ4n) is 3.66. The van der Waals surface area contributed by atoms with E-state index in [1.54, 1.807) is 0 Å². The van der Waals surface area contributed by atoms with E-state index in [1.165, 1.54) is 0 Å². The fourth-order valence-corrected chi connectivity index (χ4v) is 3.66. The molecule has 0 bridgehead atoms. The van der Waals surface area contributed by atoms with Gasteiger partial charge >= 0.3 is 0 Å². The smallest absolute Gasteiger partial charge is 0.243 e. The molecule has 2 aromatic carbocycles. The van der Waals surface area contributed by atoms with Crippen molar-refractivity contribution in [1.82, 2.24) is 19.8 Å². The molecule has 1 fully saturated rings. The monoisotopic (exact) mass is 404 g/mol. The summed E-state index contributed by atoms with van der Waals surface area (Å²) in [6.07, 6.45) is 1.92. The van der Waals surface area contributed by atoms with Crippen LogP contribution in [0.15, 0.2) is 54.6 Å². The van der Waals surface area contributed by atoms with Gasteiger partial charge in [0.25, 0.3) is 0 Å². The lowest BCUT2D eigenvalue weighted by molar-refractivity contribution is -0.134. The van der Waals surface area contributed by atoms with E-state index in [2.05, 4.69) is 10.3 Å². The Bertz CT molecular complexity index is 1040. The van der Waals surface area contributed by atoms with Crippen LogP contribution >= 0.6 is 0 Å². The number of hydrogen-bond acceptors (Lipinski definition) is 3. The Morgan fingerprint density at radius 2 is 1.80 bits per heavy atom. The zero-order valence-corrected chi connectivity index (χ0v) is 17.5. The van der Waals surface area contributed by atoms with Gasteiger partial charge in [-0.15, -0.1) is 0 Å². The van der Waals surface area contributed by atoms with Crippen LogP contribution in [-0.4, -0.2) is 32.3 Å². The minimum Gasteiger partial charge on any atom is -0.349 e. The maximum atomic E-state index is 13.3. The van der Waals surface area contributed by atoms with Crippen LogP contribution in [-0.2, 0) is 29.2 Å². The zero-order chi connectivity index (χ0) is 21.1. The standard InChI is InChI=1S/C24H28N4O2/c1-17(2)27(15-18-8-4-3-5-9-18)23(29)16-28-21-11-7-6-10-20(21)26-22(28)14-25-24(30)19-12-13-19/h3-11,17,19H,12-16H2,1-2H3,(H,25,30). The first-order valence-corrected chi connectivity index (χ1v) is 10.6. The SMILES string of the molecule is CC(C)N(Cc1ccccc1)C(=O)Cn1c(CNC(=O)C2CC2)nc2ccccc21. The quantitative estimate of drug-likeness (QED) is 0.625.